The molecule has 0 spiro atoms. The van der Waals surface area contributed by atoms with Crippen LogP contribution in [0.15, 0.2) is 28.7 Å². The second-order valence-electron chi connectivity index (χ2n) is 3.41. The van der Waals surface area contributed by atoms with Gasteiger partial charge in [-0.15, -0.1) is 0 Å². The molecule has 0 saturated heterocycles. The third-order valence-electron chi connectivity index (χ3n) is 2.38. The first kappa shape index (κ1) is 7.66. The van der Waals surface area contributed by atoms with E-state index in [9.17, 15) is 0 Å². The van der Waals surface area contributed by atoms with Crippen molar-refractivity contribution in [3.63, 3.8) is 0 Å². The van der Waals surface area contributed by atoms with E-state index >= 15 is 0 Å². The summed E-state index contributed by atoms with van der Waals surface area (Å²) < 4.78 is 5.57. The highest BCUT2D eigenvalue weighted by molar-refractivity contribution is 5.17. The van der Waals surface area contributed by atoms with E-state index in [0.29, 0.717) is 5.92 Å². The van der Waals surface area contributed by atoms with Crippen LogP contribution in [-0.4, -0.2) is 0 Å². The Morgan fingerprint density at radius 1 is 1.42 bits per heavy atom. The minimum atomic E-state index is 0.535. The van der Waals surface area contributed by atoms with Gasteiger partial charge in [-0.25, -0.2) is 0 Å². The molecule has 1 aliphatic carbocycles. The van der Waals surface area contributed by atoms with Crippen molar-refractivity contribution in [2.75, 3.05) is 0 Å². The monoisotopic (exact) mass is 162 g/mol. The fraction of sp³-hybridized carbons (Fsp3) is 0.455. The maximum Gasteiger partial charge on any atom is 0.111 e. The highest BCUT2D eigenvalue weighted by Crippen LogP contribution is 2.28. The molecular weight excluding hydrogens is 148 g/mol. The Balaban J connectivity index is 2.18. The number of hydrogen-bond acceptors (Lipinski definition) is 1. The summed E-state index contributed by atoms with van der Waals surface area (Å²) in [5.74, 6) is 2.68. The molecule has 0 radical (unpaired) electrons. The molecule has 1 aromatic rings. The van der Waals surface area contributed by atoms with E-state index in [1.807, 2.05) is 13.0 Å². The average molecular weight is 162 g/mol. The SMILES string of the molecule is Cc1ccc([C@H]2C=CCCC2)o1. The summed E-state index contributed by atoms with van der Waals surface area (Å²) in [6.45, 7) is 2.00. The van der Waals surface area contributed by atoms with Crippen LogP contribution >= 0.6 is 0 Å². The van der Waals surface area contributed by atoms with Gasteiger partial charge >= 0.3 is 0 Å². The van der Waals surface area contributed by atoms with Crippen LogP contribution in [0.5, 0.6) is 0 Å². The molecule has 0 aliphatic heterocycles. The highest BCUT2D eigenvalue weighted by Gasteiger charge is 2.13. The van der Waals surface area contributed by atoms with Crippen LogP contribution in [0.4, 0.5) is 0 Å². The van der Waals surface area contributed by atoms with Crippen LogP contribution in [0.1, 0.15) is 36.7 Å². The molecule has 1 aliphatic rings. The van der Waals surface area contributed by atoms with Gasteiger partial charge in [0.05, 0.1) is 0 Å². The van der Waals surface area contributed by atoms with E-state index in [4.69, 9.17) is 4.42 Å². The first-order valence-corrected chi connectivity index (χ1v) is 4.59. The van der Waals surface area contributed by atoms with Crippen molar-refractivity contribution in [1.82, 2.24) is 0 Å². The molecule has 2 rings (SSSR count). The molecule has 64 valence electrons. The van der Waals surface area contributed by atoms with Crippen molar-refractivity contribution < 1.29 is 4.42 Å². The fourth-order valence-corrected chi connectivity index (χ4v) is 1.70. The Hall–Kier alpha value is -0.980. The zero-order valence-corrected chi connectivity index (χ0v) is 7.42. The lowest BCUT2D eigenvalue weighted by molar-refractivity contribution is 0.449. The van der Waals surface area contributed by atoms with Gasteiger partial charge < -0.3 is 4.42 Å². The van der Waals surface area contributed by atoms with E-state index in [2.05, 4.69) is 18.2 Å². The van der Waals surface area contributed by atoms with E-state index in [-0.39, 0.29) is 0 Å². The summed E-state index contributed by atoms with van der Waals surface area (Å²) in [6.07, 6.45) is 8.29. The Kier molecular flexibility index (Phi) is 2.03. The Bertz CT molecular complexity index is 283. The number of allylic oxidation sites excluding steroid dienone is 2. The summed E-state index contributed by atoms with van der Waals surface area (Å²) in [5.41, 5.74) is 0. The number of aryl methyl sites for hydroxylation is 1. The molecule has 1 aromatic heterocycles. The van der Waals surface area contributed by atoms with Crippen LogP contribution in [0.2, 0.25) is 0 Å². The predicted octanol–water partition coefficient (Wildman–Crippen LogP) is 3.41. The molecule has 1 atom stereocenters. The smallest absolute Gasteiger partial charge is 0.111 e. The standard InChI is InChI=1S/C11H14O/c1-9-7-8-11(12-9)10-5-3-2-4-6-10/h3,5,7-8,10H,2,4,6H2,1H3/t10-/m0/s1. The van der Waals surface area contributed by atoms with Gasteiger partial charge in [-0.2, -0.15) is 0 Å². The molecule has 0 amide bonds. The van der Waals surface area contributed by atoms with Crippen molar-refractivity contribution in [3.8, 4) is 0 Å². The fourth-order valence-electron chi connectivity index (χ4n) is 1.70. The van der Waals surface area contributed by atoms with Gasteiger partial charge in [0.25, 0.3) is 0 Å². The molecule has 0 N–H and O–H groups in total. The summed E-state index contributed by atoms with van der Waals surface area (Å²) in [7, 11) is 0. The summed E-state index contributed by atoms with van der Waals surface area (Å²) in [5, 5.41) is 0. The number of furan rings is 1. The molecule has 0 unspecified atom stereocenters. The Labute approximate surface area is 73.1 Å². The van der Waals surface area contributed by atoms with Crippen molar-refractivity contribution in [1.29, 1.82) is 0 Å². The van der Waals surface area contributed by atoms with Gasteiger partial charge in [0.15, 0.2) is 0 Å². The number of hydrogen-bond donors (Lipinski definition) is 0. The van der Waals surface area contributed by atoms with Crippen molar-refractivity contribution in [3.05, 3.63) is 35.8 Å². The summed E-state index contributed by atoms with van der Waals surface area (Å²) in [6, 6.07) is 4.13. The first-order valence-electron chi connectivity index (χ1n) is 4.59. The summed E-state index contributed by atoms with van der Waals surface area (Å²) >= 11 is 0. The van der Waals surface area contributed by atoms with Gasteiger partial charge in [-0.3, -0.25) is 0 Å². The van der Waals surface area contributed by atoms with E-state index in [1.165, 1.54) is 19.3 Å². The highest BCUT2D eigenvalue weighted by atomic mass is 16.3. The van der Waals surface area contributed by atoms with Crippen LogP contribution in [0.25, 0.3) is 0 Å². The Morgan fingerprint density at radius 2 is 2.33 bits per heavy atom. The molecule has 0 bridgehead atoms. The predicted molar refractivity (Wildman–Crippen MR) is 49.2 cm³/mol. The minimum Gasteiger partial charge on any atom is -0.466 e. The van der Waals surface area contributed by atoms with Crippen LogP contribution in [0, 0.1) is 6.92 Å². The van der Waals surface area contributed by atoms with Crippen LogP contribution in [0.3, 0.4) is 0 Å². The van der Waals surface area contributed by atoms with Gasteiger partial charge in [0, 0.05) is 5.92 Å². The molecular formula is C11H14O. The van der Waals surface area contributed by atoms with Gasteiger partial charge in [-0.05, 0) is 38.3 Å². The topological polar surface area (TPSA) is 13.1 Å². The quantitative estimate of drug-likeness (QED) is 0.577. The van der Waals surface area contributed by atoms with E-state index in [0.717, 1.165) is 11.5 Å². The molecule has 1 heteroatoms. The zero-order chi connectivity index (χ0) is 8.39. The van der Waals surface area contributed by atoms with Gasteiger partial charge in [-0.1, -0.05) is 12.2 Å². The second kappa shape index (κ2) is 3.18. The minimum absolute atomic E-state index is 0.535. The largest absolute Gasteiger partial charge is 0.466 e. The summed E-state index contributed by atoms with van der Waals surface area (Å²) in [4.78, 5) is 0. The molecule has 1 heterocycles. The normalized spacial score (nSPS) is 22.9. The van der Waals surface area contributed by atoms with Gasteiger partial charge in [0.1, 0.15) is 11.5 Å². The average Bonchev–Trinajstić information content (AvgIpc) is 2.54. The molecule has 0 saturated carbocycles. The van der Waals surface area contributed by atoms with Crippen LogP contribution in [-0.2, 0) is 0 Å². The first-order chi connectivity index (χ1) is 5.86. The van der Waals surface area contributed by atoms with E-state index in [1.54, 1.807) is 0 Å². The van der Waals surface area contributed by atoms with Crippen molar-refractivity contribution in [2.45, 2.75) is 32.1 Å². The third-order valence-corrected chi connectivity index (χ3v) is 2.38. The maximum absolute atomic E-state index is 5.57. The molecule has 0 fully saturated rings. The lowest BCUT2D eigenvalue weighted by Crippen LogP contribution is -1.97. The Morgan fingerprint density at radius 3 is 2.92 bits per heavy atom. The number of rotatable bonds is 1. The maximum atomic E-state index is 5.57. The van der Waals surface area contributed by atoms with Crippen molar-refractivity contribution >= 4 is 0 Å². The zero-order valence-electron chi connectivity index (χ0n) is 7.42. The second-order valence-corrected chi connectivity index (χ2v) is 3.41. The molecule has 12 heavy (non-hydrogen) atoms. The lowest BCUT2D eigenvalue weighted by Gasteiger charge is -2.12. The molecule has 1 nitrogen and oxygen atoms in total. The van der Waals surface area contributed by atoms with Gasteiger partial charge in [0.2, 0.25) is 0 Å². The van der Waals surface area contributed by atoms with E-state index < -0.39 is 0 Å². The molecule has 0 aromatic carbocycles. The van der Waals surface area contributed by atoms with Crippen LogP contribution < -0.4 is 0 Å². The van der Waals surface area contributed by atoms with Crippen molar-refractivity contribution in [2.24, 2.45) is 0 Å². The lowest BCUT2D eigenvalue weighted by atomic mass is 9.94. The third kappa shape index (κ3) is 1.45.